The van der Waals surface area contributed by atoms with Crippen LogP contribution in [0.15, 0.2) is 84.9 Å². The van der Waals surface area contributed by atoms with Crippen LogP contribution in [0, 0.1) is 5.92 Å². The van der Waals surface area contributed by atoms with E-state index in [1.54, 1.807) is 0 Å². The molecule has 1 N–H and O–H groups in total. The number of esters is 2. The molecular formula is C29H33NO5. The van der Waals surface area contributed by atoms with Crippen molar-refractivity contribution in [1.29, 1.82) is 0 Å². The number of ether oxygens (including phenoxy) is 3. The van der Waals surface area contributed by atoms with E-state index in [4.69, 9.17) is 14.2 Å². The van der Waals surface area contributed by atoms with E-state index in [0.29, 0.717) is 18.6 Å². The maximum atomic E-state index is 12.9. The summed E-state index contributed by atoms with van der Waals surface area (Å²) in [5, 5.41) is 3.19. The third kappa shape index (κ3) is 8.58. The van der Waals surface area contributed by atoms with Crippen LogP contribution in [0.4, 0.5) is 0 Å². The summed E-state index contributed by atoms with van der Waals surface area (Å²) in [6, 6.07) is 25.2. The highest BCUT2D eigenvalue weighted by Gasteiger charge is 2.29. The Hall–Kier alpha value is -3.64. The summed E-state index contributed by atoms with van der Waals surface area (Å²) in [7, 11) is 1.35. The number of para-hydroxylation sites is 1. The fourth-order valence-electron chi connectivity index (χ4n) is 3.68. The molecule has 0 aliphatic carbocycles. The minimum atomic E-state index is -0.700. The minimum Gasteiger partial charge on any atom is -0.468 e. The summed E-state index contributed by atoms with van der Waals surface area (Å²) in [5.41, 5.74) is 1.82. The number of rotatable bonds is 12. The van der Waals surface area contributed by atoms with E-state index >= 15 is 0 Å². The van der Waals surface area contributed by atoms with Gasteiger partial charge in [0, 0.05) is 0 Å². The average Bonchev–Trinajstić information content (AvgIpc) is 2.88. The zero-order valence-corrected chi connectivity index (χ0v) is 20.5. The van der Waals surface area contributed by atoms with Crippen LogP contribution in [-0.2, 0) is 32.1 Å². The first-order valence-corrected chi connectivity index (χ1v) is 11.8. The molecule has 3 rings (SSSR count). The van der Waals surface area contributed by atoms with Crippen LogP contribution in [0.1, 0.15) is 31.4 Å². The lowest BCUT2D eigenvalue weighted by atomic mass is 10.0. The molecule has 0 saturated heterocycles. The Bertz CT molecular complexity index is 1050. The third-order valence-corrected chi connectivity index (χ3v) is 5.45. The third-order valence-electron chi connectivity index (χ3n) is 5.45. The minimum absolute atomic E-state index is 0.182. The molecule has 0 aliphatic rings. The van der Waals surface area contributed by atoms with E-state index in [0.717, 1.165) is 16.9 Å². The Morgan fingerprint density at radius 3 is 1.94 bits per heavy atom. The van der Waals surface area contributed by atoms with Crippen molar-refractivity contribution >= 4 is 11.9 Å². The SMILES string of the molecule is COC(=O)C(Cc1ccc(Oc2ccccc2)cc1)NC(CC(C)C)C(=O)OCc1ccccc1. The molecule has 0 aliphatic heterocycles. The van der Waals surface area contributed by atoms with Gasteiger partial charge in [0.2, 0.25) is 0 Å². The standard InChI is InChI=1S/C29H33NO5/c1-21(2)18-26(29(32)34-20-23-10-6-4-7-11-23)30-27(28(31)33-3)19-22-14-16-25(17-15-22)35-24-12-8-5-9-13-24/h4-17,21,26-27,30H,18-20H2,1-3H3. The molecule has 0 heterocycles. The van der Waals surface area contributed by atoms with Crippen LogP contribution >= 0.6 is 0 Å². The van der Waals surface area contributed by atoms with Crippen molar-refractivity contribution in [2.75, 3.05) is 7.11 Å². The van der Waals surface area contributed by atoms with E-state index in [2.05, 4.69) is 5.32 Å². The van der Waals surface area contributed by atoms with Gasteiger partial charge in [0.1, 0.15) is 30.2 Å². The van der Waals surface area contributed by atoms with Crippen LogP contribution < -0.4 is 10.1 Å². The normalized spacial score (nSPS) is 12.6. The quantitative estimate of drug-likeness (QED) is 0.358. The van der Waals surface area contributed by atoms with E-state index in [9.17, 15) is 9.59 Å². The highest BCUT2D eigenvalue weighted by molar-refractivity contribution is 5.80. The second kappa shape index (κ2) is 13.3. The average molecular weight is 476 g/mol. The number of benzene rings is 3. The lowest BCUT2D eigenvalue weighted by molar-refractivity contribution is -0.149. The summed E-state index contributed by atoms with van der Waals surface area (Å²) in [6.45, 7) is 4.23. The highest BCUT2D eigenvalue weighted by Crippen LogP contribution is 2.22. The molecule has 0 bridgehead atoms. The fraction of sp³-hybridized carbons (Fsp3) is 0.310. The first-order chi connectivity index (χ1) is 16.9. The molecule has 35 heavy (non-hydrogen) atoms. The molecular weight excluding hydrogens is 442 g/mol. The summed E-state index contributed by atoms with van der Waals surface area (Å²) in [5.74, 6) is 0.858. The van der Waals surface area contributed by atoms with Gasteiger partial charge in [-0.25, -0.2) is 0 Å². The largest absolute Gasteiger partial charge is 0.468 e. The lowest BCUT2D eigenvalue weighted by Crippen LogP contribution is -2.49. The van der Waals surface area contributed by atoms with Crippen LogP contribution in [-0.4, -0.2) is 31.1 Å². The van der Waals surface area contributed by atoms with E-state index in [1.165, 1.54) is 7.11 Å². The van der Waals surface area contributed by atoms with Gasteiger partial charge in [-0.15, -0.1) is 0 Å². The molecule has 0 amide bonds. The number of hydrogen-bond acceptors (Lipinski definition) is 6. The molecule has 0 aromatic heterocycles. The summed E-state index contributed by atoms with van der Waals surface area (Å²) in [4.78, 5) is 25.5. The highest BCUT2D eigenvalue weighted by atomic mass is 16.5. The Kier molecular flexibility index (Phi) is 9.87. The van der Waals surface area contributed by atoms with Gasteiger partial charge in [0.05, 0.1) is 7.11 Å². The summed E-state index contributed by atoms with van der Waals surface area (Å²) >= 11 is 0. The van der Waals surface area contributed by atoms with Crippen LogP contribution in [0.2, 0.25) is 0 Å². The van der Waals surface area contributed by atoms with Crippen molar-refractivity contribution in [3.63, 3.8) is 0 Å². The van der Waals surface area contributed by atoms with Crippen LogP contribution in [0.5, 0.6) is 11.5 Å². The fourth-order valence-corrected chi connectivity index (χ4v) is 3.68. The predicted molar refractivity (Wildman–Crippen MR) is 135 cm³/mol. The second-order valence-electron chi connectivity index (χ2n) is 8.78. The molecule has 2 atom stereocenters. The first-order valence-electron chi connectivity index (χ1n) is 11.8. The van der Waals surface area contributed by atoms with Crippen LogP contribution in [0.25, 0.3) is 0 Å². The molecule has 0 spiro atoms. The molecule has 6 nitrogen and oxygen atoms in total. The monoisotopic (exact) mass is 475 g/mol. The predicted octanol–water partition coefficient (Wildman–Crippen LogP) is 5.31. The van der Waals surface area contributed by atoms with Crippen molar-refractivity contribution < 1.29 is 23.8 Å². The molecule has 184 valence electrons. The number of hydrogen-bond donors (Lipinski definition) is 1. The van der Waals surface area contributed by atoms with Gasteiger partial charge in [0.15, 0.2) is 0 Å². The molecule has 6 heteroatoms. The van der Waals surface area contributed by atoms with Crippen molar-refractivity contribution in [2.24, 2.45) is 5.92 Å². The molecule has 3 aromatic carbocycles. The Morgan fingerprint density at radius 1 is 0.743 bits per heavy atom. The van der Waals surface area contributed by atoms with E-state index in [-0.39, 0.29) is 18.5 Å². The maximum absolute atomic E-state index is 12.9. The Labute approximate surface area is 207 Å². The second-order valence-corrected chi connectivity index (χ2v) is 8.78. The smallest absolute Gasteiger partial charge is 0.323 e. The zero-order chi connectivity index (χ0) is 25.0. The maximum Gasteiger partial charge on any atom is 0.323 e. The molecule has 2 unspecified atom stereocenters. The van der Waals surface area contributed by atoms with Crippen molar-refractivity contribution in [2.45, 2.75) is 45.4 Å². The number of carbonyl (C=O) groups is 2. The Morgan fingerprint density at radius 2 is 1.34 bits per heavy atom. The van der Waals surface area contributed by atoms with Gasteiger partial charge in [-0.05, 0) is 54.2 Å². The van der Waals surface area contributed by atoms with Gasteiger partial charge in [-0.3, -0.25) is 14.9 Å². The van der Waals surface area contributed by atoms with Crippen molar-refractivity contribution in [3.05, 3.63) is 96.1 Å². The zero-order valence-electron chi connectivity index (χ0n) is 20.5. The topological polar surface area (TPSA) is 73.9 Å². The number of methoxy groups -OCH3 is 1. The van der Waals surface area contributed by atoms with E-state index < -0.39 is 18.1 Å². The van der Waals surface area contributed by atoms with Crippen LogP contribution in [0.3, 0.4) is 0 Å². The van der Waals surface area contributed by atoms with Gasteiger partial charge in [-0.1, -0.05) is 74.5 Å². The molecule has 3 aromatic rings. The molecule has 0 fully saturated rings. The van der Waals surface area contributed by atoms with Crippen molar-refractivity contribution in [1.82, 2.24) is 5.32 Å². The number of nitrogens with one attached hydrogen (secondary N) is 1. The van der Waals surface area contributed by atoms with Crippen molar-refractivity contribution in [3.8, 4) is 11.5 Å². The first kappa shape index (κ1) is 26.0. The van der Waals surface area contributed by atoms with Gasteiger partial charge < -0.3 is 14.2 Å². The van der Waals surface area contributed by atoms with E-state index in [1.807, 2.05) is 98.8 Å². The van der Waals surface area contributed by atoms with Gasteiger partial charge >= 0.3 is 11.9 Å². The summed E-state index contributed by atoms with van der Waals surface area (Å²) < 4.78 is 16.4. The lowest BCUT2D eigenvalue weighted by Gasteiger charge is -2.24. The van der Waals surface area contributed by atoms with Gasteiger partial charge in [0.25, 0.3) is 0 Å². The molecule has 0 saturated carbocycles. The number of carbonyl (C=O) groups excluding carboxylic acids is 2. The Balaban J connectivity index is 1.66. The summed E-state index contributed by atoms with van der Waals surface area (Å²) in [6.07, 6.45) is 0.893. The van der Waals surface area contributed by atoms with Gasteiger partial charge in [-0.2, -0.15) is 0 Å². The molecule has 0 radical (unpaired) electrons.